The molecule has 37 heavy (non-hydrogen) atoms. The van der Waals surface area contributed by atoms with E-state index in [1.807, 2.05) is 0 Å². The third-order valence-corrected chi connectivity index (χ3v) is 7.25. The van der Waals surface area contributed by atoms with Crippen LogP contribution in [0.5, 0.6) is 0 Å². The fourth-order valence-electron chi connectivity index (χ4n) is 5.11. The predicted octanol–water partition coefficient (Wildman–Crippen LogP) is 1.37. The number of nitrogens with one attached hydrogen (secondary N) is 1. The molecule has 10 heteroatoms. The topological polar surface area (TPSA) is 89.2 Å². The number of anilines is 2. The molecule has 0 radical (unpaired) electrons. The summed E-state index contributed by atoms with van der Waals surface area (Å²) < 4.78 is 16.1. The highest BCUT2D eigenvalue weighted by Gasteiger charge is 2.25. The minimum Gasteiger partial charge on any atom is -0.395 e. The zero-order valence-corrected chi connectivity index (χ0v) is 21.2. The number of aliphatic imine (C=N–C) groups is 1. The molecule has 9 nitrogen and oxygen atoms in total. The first-order valence-corrected chi connectivity index (χ1v) is 12.8. The number of halogens is 1. The maximum Gasteiger partial charge on any atom is 0.255 e. The summed E-state index contributed by atoms with van der Waals surface area (Å²) in [5.41, 5.74) is 2.74. The lowest BCUT2D eigenvalue weighted by atomic mass is 10.0. The number of rotatable bonds is 6. The second-order valence-electron chi connectivity index (χ2n) is 9.59. The monoisotopic (exact) mass is 507 g/mol. The number of benzene rings is 1. The van der Waals surface area contributed by atoms with E-state index >= 15 is 0 Å². The van der Waals surface area contributed by atoms with Gasteiger partial charge in [-0.1, -0.05) is 24.3 Å². The Labute approximate surface area is 216 Å². The average molecular weight is 508 g/mol. The molecule has 0 saturated carbocycles. The SMILES string of the molecule is Cn1c(N2CCNC(c3ccc(N4CCN(CCO)CC4)cc3)C2)nc(C2=C(F)C=NCC=C2)cc1=O. The van der Waals surface area contributed by atoms with Crippen molar-refractivity contribution in [3.05, 3.63) is 69.9 Å². The van der Waals surface area contributed by atoms with E-state index in [2.05, 4.69) is 49.3 Å². The molecule has 2 N–H and O–H groups in total. The first-order valence-electron chi connectivity index (χ1n) is 12.8. The van der Waals surface area contributed by atoms with Crippen LogP contribution >= 0.6 is 0 Å². The minimum absolute atomic E-state index is 0.0746. The molecule has 1 unspecified atom stereocenters. The standard InChI is InChI=1S/C27H34FN7O2/c1-32-26(37)17-24(22-3-2-8-29-18-23(22)28)31-27(32)35-10-9-30-25(19-35)20-4-6-21(7-5-20)34-13-11-33(12-14-34)15-16-36/h2-7,17-18,25,30,36H,8-16,19H2,1H3. The summed E-state index contributed by atoms with van der Waals surface area (Å²) in [7, 11) is 1.70. The van der Waals surface area contributed by atoms with Gasteiger partial charge in [-0.25, -0.2) is 9.37 Å². The Morgan fingerprint density at radius 1 is 1.11 bits per heavy atom. The largest absolute Gasteiger partial charge is 0.395 e. The first-order chi connectivity index (χ1) is 18.0. The van der Waals surface area contributed by atoms with Gasteiger partial charge in [0.2, 0.25) is 5.95 Å². The number of aliphatic hydroxyl groups excluding tert-OH is 1. The van der Waals surface area contributed by atoms with E-state index in [9.17, 15) is 9.18 Å². The highest BCUT2D eigenvalue weighted by atomic mass is 19.1. The van der Waals surface area contributed by atoms with Gasteiger partial charge in [-0.2, -0.15) is 0 Å². The van der Waals surface area contributed by atoms with Crippen molar-refractivity contribution in [2.75, 3.05) is 75.3 Å². The average Bonchev–Trinajstić information content (AvgIpc) is 3.15. The zero-order chi connectivity index (χ0) is 25.8. The summed E-state index contributed by atoms with van der Waals surface area (Å²) in [4.78, 5) is 28.2. The first kappa shape index (κ1) is 25.3. The molecule has 1 atom stereocenters. The number of nitrogens with zero attached hydrogens (tertiary/aromatic N) is 6. The van der Waals surface area contributed by atoms with E-state index in [0.29, 0.717) is 31.3 Å². The third kappa shape index (κ3) is 5.66. The number of hydrogen-bond donors (Lipinski definition) is 2. The lowest BCUT2D eigenvalue weighted by Crippen LogP contribution is -2.48. The van der Waals surface area contributed by atoms with Crippen molar-refractivity contribution >= 4 is 23.4 Å². The number of aliphatic hydroxyl groups is 1. The summed E-state index contributed by atoms with van der Waals surface area (Å²) in [5, 5.41) is 12.7. The lowest BCUT2D eigenvalue weighted by molar-refractivity contribution is 0.189. The van der Waals surface area contributed by atoms with Gasteiger partial charge in [-0.05, 0) is 17.7 Å². The van der Waals surface area contributed by atoms with Gasteiger partial charge < -0.3 is 20.2 Å². The maximum absolute atomic E-state index is 14.6. The second-order valence-corrected chi connectivity index (χ2v) is 9.59. The van der Waals surface area contributed by atoms with Crippen molar-refractivity contribution in [2.45, 2.75) is 6.04 Å². The number of piperazine rings is 2. The highest BCUT2D eigenvalue weighted by molar-refractivity contribution is 5.92. The van der Waals surface area contributed by atoms with Gasteiger partial charge in [0.25, 0.3) is 5.56 Å². The quantitative estimate of drug-likeness (QED) is 0.611. The van der Waals surface area contributed by atoms with Gasteiger partial charge in [-0.15, -0.1) is 0 Å². The normalized spacial score (nSPS) is 21.0. The number of β-amino-alcohol motifs (C(OH)–C–C–N with tert-alkyl or cyclic N) is 1. The molecular weight excluding hydrogens is 473 g/mol. The molecule has 3 aliphatic rings. The van der Waals surface area contributed by atoms with Crippen molar-refractivity contribution in [1.82, 2.24) is 19.8 Å². The van der Waals surface area contributed by atoms with Crippen LogP contribution in [-0.2, 0) is 7.05 Å². The Bertz CT molecular complexity index is 1250. The van der Waals surface area contributed by atoms with Crippen molar-refractivity contribution in [3.8, 4) is 0 Å². The van der Waals surface area contributed by atoms with E-state index in [-0.39, 0.29) is 23.8 Å². The third-order valence-electron chi connectivity index (χ3n) is 7.25. The zero-order valence-electron chi connectivity index (χ0n) is 21.2. The van der Waals surface area contributed by atoms with E-state index in [1.165, 1.54) is 28.1 Å². The predicted molar refractivity (Wildman–Crippen MR) is 145 cm³/mol. The molecule has 0 bridgehead atoms. The molecule has 4 heterocycles. The molecule has 2 aromatic rings. The van der Waals surface area contributed by atoms with E-state index in [1.54, 1.807) is 19.2 Å². The van der Waals surface area contributed by atoms with Crippen molar-refractivity contribution in [1.29, 1.82) is 0 Å². The molecular formula is C27H34FN7O2. The van der Waals surface area contributed by atoms with Gasteiger partial charge >= 0.3 is 0 Å². The smallest absolute Gasteiger partial charge is 0.255 e. The number of allylic oxidation sites excluding steroid dienone is 3. The van der Waals surface area contributed by atoms with Crippen molar-refractivity contribution < 1.29 is 9.50 Å². The van der Waals surface area contributed by atoms with Gasteiger partial charge in [0.05, 0.1) is 25.1 Å². The van der Waals surface area contributed by atoms with Crippen LogP contribution < -0.4 is 20.7 Å². The van der Waals surface area contributed by atoms with Crippen LogP contribution in [-0.4, -0.2) is 91.3 Å². The summed E-state index contributed by atoms with van der Waals surface area (Å²) in [5.74, 6) is 0.0368. The lowest BCUT2D eigenvalue weighted by Gasteiger charge is -2.37. The van der Waals surface area contributed by atoms with Crippen molar-refractivity contribution in [2.24, 2.45) is 12.0 Å². The molecule has 2 fully saturated rings. The summed E-state index contributed by atoms with van der Waals surface area (Å²) in [6, 6.07) is 10.1. The molecule has 0 spiro atoms. The summed E-state index contributed by atoms with van der Waals surface area (Å²) in [6.45, 7) is 7.20. The van der Waals surface area contributed by atoms with Crippen LogP contribution in [0.4, 0.5) is 16.0 Å². The van der Waals surface area contributed by atoms with Gasteiger partial charge in [-0.3, -0.25) is 19.3 Å². The fraction of sp³-hybridized carbons (Fsp3) is 0.444. The van der Waals surface area contributed by atoms with Gasteiger partial charge in [0.1, 0.15) is 5.83 Å². The summed E-state index contributed by atoms with van der Waals surface area (Å²) in [6.07, 6.45) is 4.59. The Morgan fingerprint density at radius 3 is 2.65 bits per heavy atom. The molecule has 2 saturated heterocycles. The van der Waals surface area contributed by atoms with E-state index in [4.69, 9.17) is 10.1 Å². The molecule has 5 rings (SSSR count). The van der Waals surface area contributed by atoms with Crippen LogP contribution in [0.2, 0.25) is 0 Å². The van der Waals surface area contributed by atoms with E-state index < -0.39 is 5.83 Å². The Hall–Kier alpha value is -3.34. The van der Waals surface area contributed by atoms with Crippen LogP contribution in [0, 0.1) is 0 Å². The maximum atomic E-state index is 14.6. The molecule has 3 aliphatic heterocycles. The fourth-order valence-corrected chi connectivity index (χ4v) is 5.11. The molecule has 0 aliphatic carbocycles. The highest BCUT2D eigenvalue weighted by Crippen LogP contribution is 2.26. The Kier molecular flexibility index (Phi) is 7.78. The molecule has 1 aromatic carbocycles. The Morgan fingerprint density at radius 2 is 1.89 bits per heavy atom. The van der Waals surface area contributed by atoms with Gasteiger partial charge in [0.15, 0.2) is 0 Å². The number of hydrogen-bond acceptors (Lipinski definition) is 8. The van der Waals surface area contributed by atoms with Crippen LogP contribution in [0.15, 0.2) is 58.1 Å². The van der Waals surface area contributed by atoms with Crippen LogP contribution in [0.1, 0.15) is 17.3 Å². The van der Waals surface area contributed by atoms with Crippen LogP contribution in [0.3, 0.4) is 0 Å². The Balaban J connectivity index is 1.32. The summed E-state index contributed by atoms with van der Waals surface area (Å²) >= 11 is 0. The second kappa shape index (κ2) is 11.4. The minimum atomic E-state index is -0.492. The van der Waals surface area contributed by atoms with Crippen molar-refractivity contribution in [3.63, 3.8) is 0 Å². The molecule has 196 valence electrons. The van der Waals surface area contributed by atoms with E-state index in [0.717, 1.165) is 39.3 Å². The molecule has 0 amide bonds. The van der Waals surface area contributed by atoms with Crippen LogP contribution in [0.25, 0.3) is 5.57 Å². The number of aromatic nitrogens is 2. The van der Waals surface area contributed by atoms with Gasteiger partial charge in [0, 0.05) is 82.8 Å². The molecule has 1 aromatic heterocycles.